The minimum Gasteiger partial charge on any atom is -0.393 e. The van der Waals surface area contributed by atoms with Crippen LogP contribution >= 0.6 is 22.9 Å². The van der Waals surface area contributed by atoms with Crippen LogP contribution in [-0.2, 0) is 15.6 Å². The van der Waals surface area contributed by atoms with Crippen LogP contribution in [0.3, 0.4) is 0 Å². The van der Waals surface area contributed by atoms with Crippen LogP contribution in [0.2, 0.25) is 5.02 Å². The van der Waals surface area contributed by atoms with Gasteiger partial charge in [0.1, 0.15) is 5.60 Å². The number of aliphatic hydroxyl groups is 2. The van der Waals surface area contributed by atoms with Crippen molar-refractivity contribution in [1.29, 1.82) is 0 Å². The van der Waals surface area contributed by atoms with Crippen molar-refractivity contribution in [2.75, 3.05) is 6.61 Å². The van der Waals surface area contributed by atoms with E-state index in [4.69, 9.17) is 11.6 Å². The molecule has 4 aromatic rings. The zero-order valence-electron chi connectivity index (χ0n) is 18.8. The van der Waals surface area contributed by atoms with E-state index in [1.165, 1.54) is 18.3 Å². The molecule has 35 heavy (non-hydrogen) atoms. The third kappa shape index (κ3) is 4.84. The van der Waals surface area contributed by atoms with Gasteiger partial charge in [-0.1, -0.05) is 29.8 Å². The molecule has 0 radical (unpaired) electrons. The topological polar surface area (TPSA) is 112 Å². The maximum Gasteiger partial charge on any atom is 0.215 e. The second kappa shape index (κ2) is 9.24. The van der Waals surface area contributed by atoms with Crippen molar-refractivity contribution in [3.63, 3.8) is 0 Å². The van der Waals surface area contributed by atoms with Crippen molar-refractivity contribution in [3.05, 3.63) is 82.0 Å². The molecule has 3 N–H and O–H groups in total. The number of nitrogens with one attached hydrogen (secondary N) is 1. The molecule has 1 aliphatic rings. The highest BCUT2D eigenvalue weighted by molar-refractivity contribution is 7.90. The Morgan fingerprint density at radius 3 is 2.63 bits per heavy atom. The average Bonchev–Trinajstić information content (AvgIpc) is 3.63. The zero-order chi connectivity index (χ0) is 24.8. The van der Waals surface area contributed by atoms with E-state index in [0.717, 1.165) is 15.1 Å². The summed E-state index contributed by atoms with van der Waals surface area (Å²) >= 11 is 7.92. The highest BCUT2D eigenvalue weighted by atomic mass is 35.5. The third-order valence-electron chi connectivity index (χ3n) is 6.14. The molecule has 1 fully saturated rings. The Bertz CT molecular complexity index is 1500. The standard InChI is InChI=1S/C25H24ClN3O4S2/c1-25(31,14-30)15-8-10-27-20(12-15)18-9-11-28-21-13-22(34-24(18)21)23(17-4-2-3-5-19(17)26)29-35(32,33)16-6-7-16/h2-5,8-13,16,23,29-31H,6-7,14H2,1H3/t23?,25-/m0/s1. The molecular weight excluding hydrogens is 506 g/mol. The summed E-state index contributed by atoms with van der Waals surface area (Å²) in [6.07, 6.45) is 4.57. The second-order valence-corrected chi connectivity index (χ2v) is 12.4. The predicted molar refractivity (Wildman–Crippen MR) is 138 cm³/mol. The first-order chi connectivity index (χ1) is 16.7. The second-order valence-electron chi connectivity index (χ2n) is 8.90. The van der Waals surface area contributed by atoms with Crippen LogP contribution in [0, 0.1) is 0 Å². The Hall–Kier alpha value is -2.40. The molecule has 0 aliphatic heterocycles. The number of halogens is 1. The average molecular weight is 530 g/mol. The summed E-state index contributed by atoms with van der Waals surface area (Å²) in [6, 6.07) is 13.7. The maximum absolute atomic E-state index is 12.9. The van der Waals surface area contributed by atoms with Gasteiger partial charge in [-0.05, 0) is 61.2 Å². The molecule has 182 valence electrons. The van der Waals surface area contributed by atoms with Gasteiger partial charge in [-0.3, -0.25) is 9.97 Å². The summed E-state index contributed by atoms with van der Waals surface area (Å²) in [5, 5.41) is 20.2. The van der Waals surface area contributed by atoms with Gasteiger partial charge in [-0.15, -0.1) is 11.3 Å². The number of nitrogens with zero attached hydrogens (tertiary/aromatic N) is 2. The summed E-state index contributed by atoms with van der Waals surface area (Å²) in [7, 11) is -3.51. The monoisotopic (exact) mass is 529 g/mol. The van der Waals surface area contributed by atoms with Crippen LogP contribution in [0.25, 0.3) is 21.5 Å². The number of pyridine rings is 2. The molecule has 0 bridgehead atoms. The van der Waals surface area contributed by atoms with Crippen LogP contribution in [0.15, 0.2) is 60.9 Å². The van der Waals surface area contributed by atoms with Crippen molar-refractivity contribution in [1.82, 2.24) is 14.7 Å². The lowest BCUT2D eigenvalue weighted by Gasteiger charge is -2.21. The minimum absolute atomic E-state index is 0.373. The van der Waals surface area contributed by atoms with Gasteiger partial charge in [0.05, 0.1) is 33.8 Å². The number of benzene rings is 1. The van der Waals surface area contributed by atoms with E-state index in [1.807, 2.05) is 30.3 Å². The fraction of sp³-hybridized carbons (Fsp3) is 0.280. The van der Waals surface area contributed by atoms with Gasteiger partial charge in [0.2, 0.25) is 10.0 Å². The third-order valence-corrected chi connectivity index (χ3v) is 9.62. The van der Waals surface area contributed by atoms with Crippen LogP contribution in [0.1, 0.15) is 41.8 Å². The first-order valence-corrected chi connectivity index (χ1v) is 13.9. The van der Waals surface area contributed by atoms with E-state index in [1.54, 1.807) is 30.6 Å². The van der Waals surface area contributed by atoms with Crippen LogP contribution in [0.5, 0.6) is 0 Å². The Kier molecular flexibility index (Phi) is 6.41. The molecule has 1 unspecified atom stereocenters. The van der Waals surface area contributed by atoms with Crippen LogP contribution in [0.4, 0.5) is 0 Å². The highest BCUT2D eigenvalue weighted by Gasteiger charge is 2.38. The number of hydrogen-bond donors (Lipinski definition) is 3. The first-order valence-electron chi connectivity index (χ1n) is 11.1. The van der Waals surface area contributed by atoms with E-state index in [2.05, 4.69) is 14.7 Å². The number of rotatable bonds is 8. The SMILES string of the molecule is C[C@](O)(CO)c1ccnc(-c2ccnc3cc(C(NS(=O)(=O)C4CC4)c4ccccc4Cl)sc23)c1. The molecule has 10 heteroatoms. The molecule has 1 aliphatic carbocycles. The van der Waals surface area contributed by atoms with E-state index in [-0.39, 0.29) is 5.25 Å². The quantitative estimate of drug-likeness (QED) is 0.312. The van der Waals surface area contributed by atoms with Gasteiger partial charge in [-0.2, -0.15) is 0 Å². The van der Waals surface area contributed by atoms with Gasteiger partial charge in [0.15, 0.2) is 0 Å². The minimum atomic E-state index is -3.51. The Labute approximate surface area is 212 Å². The normalized spacial score (nSPS) is 16.8. The van der Waals surface area contributed by atoms with Crippen molar-refractivity contribution < 1.29 is 18.6 Å². The lowest BCUT2D eigenvalue weighted by molar-refractivity contribution is -0.00230. The van der Waals surface area contributed by atoms with Gasteiger partial charge in [0, 0.05) is 27.9 Å². The van der Waals surface area contributed by atoms with Crippen LogP contribution < -0.4 is 4.72 Å². The van der Waals surface area contributed by atoms with Crippen molar-refractivity contribution in [2.45, 2.75) is 36.7 Å². The Morgan fingerprint density at radius 1 is 1.17 bits per heavy atom. The maximum atomic E-state index is 12.9. The number of thiophene rings is 1. The van der Waals surface area contributed by atoms with Gasteiger partial charge < -0.3 is 10.2 Å². The van der Waals surface area contributed by atoms with Crippen LogP contribution in [-0.4, -0.2) is 40.5 Å². The van der Waals surface area contributed by atoms with Gasteiger partial charge >= 0.3 is 0 Å². The summed E-state index contributed by atoms with van der Waals surface area (Å²) in [5.74, 6) is 0. The molecule has 1 aromatic carbocycles. The largest absolute Gasteiger partial charge is 0.393 e. The molecule has 3 heterocycles. The summed E-state index contributed by atoms with van der Waals surface area (Å²) in [4.78, 5) is 9.74. The zero-order valence-corrected chi connectivity index (χ0v) is 21.2. The molecule has 3 aromatic heterocycles. The van der Waals surface area contributed by atoms with E-state index in [9.17, 15) is 18.6 Å². The fourth-order valence-electron chi connectivity index (χ4n) is 3.93. The van der Waals surface area contributed by atoms with E-state index in [0.29, 0.717) is 40.2 Å². The molecule has 2 atom stereocenters. The van der Waals surface area contributed by atoms with Crippen molar-refractivity contribution in [2.24, 2.45) is 0 Å². The predicted octanol–water partition coefficient (Wildman–Crippen LogP) is 4.38. The molecule has 0 amide bonds. The van der Waals surface area contributed by atoms with E-state index < -0.39 is 28.3 Å². The molecule has 0 saturated heterocycles. The van der Waals surface area contributed by atoms with E-state index >= 15 is 0 Å². The molecular formula is C25H24ClN3O4S2. The first kappa shape index (κ1) is 24.3. The van der Waals surface area contributed by atoms with Crippen molar-refractivity contribution in [3.8, 4) is 11.3 Å². The molecule has 1 saturated carbocycles. The van der Waals surface area contributed by atoms with Gasteiger partial charge in [0.25, 0.3) is 0 Å². The number of sulfonamides is 1. The Morgan fingerprint density at radius 2 is 1.91 bits per heavy atom. The smallest absolute Gasteiger partial charge is 0.215 e. The van der Waals surface area contributed by atoms with Crippen molar-refractivity contribution >= 4 is 43.2 Å². The summed E-state index contributed by atoms with van der Waals surface area (Å²) in [6.45, 7) is 1.11. The molecule has 0 spiro atoms. The fourth-order valence-corrected chi connectivity index (χ4v) is 6.99. The summed E-state index contributed by atoms with van der Waals surface area (Å²) in [5.41, 5.74) is 1.92. The molecule has 7 nitrogen and oxygen atoms in total. The summed E-state index contributed by atoms with van der Waals surface area (Å²) < 4.78 is 29.5. The highest BCUT2D eigenvalue weighted by Crippen LogP contribution is 2.40. The lowest BCUT2D eigenvalue weighted by atomic mass is 9.96. The number of aliphatic hydroxyl groups excluding tert-OH is 1. The lowest BCUT2D eigenvalue weighted by Crippen LogP contribution is -2.31. The number of aromatic nitrogens is 2. The van der Waals surface area contributed by atoms with Gasteiger partial charge in [-0.25, -0.2) is 13.1 Å². The number of fused-ring (bicyclic) bond motifs is 1. The Balaban J connectivity index is 1.62. The molecule has 5 rings (SSSR count). The number of hydrogen-bond acceptors (Lipinski definition) is 7.